The van der Waals surface area contributed by atoms with Crippen LogP contribution >= 0.6 is 0 Å². The van der Waals surface area contributed by atoms with Gasteiger partial charge in [0.05, 0.1) is 5.56 Å². The van der Waals surface area contributed by atoms with Crippen molar-refractivity contribution in [2.75, 3.05) is 6.61 Å². The molecule has 0 N–H and O–H groups in total. The molecule has 2 rings (SSSR count). The van der Waals surface area contributed by atoms with Crippen LogP contribution in [0.1, 0.15) is 15.9 Å². The van der Waals surface area contributed by atoms with Crippen molar-refractivity contribution < 1.29 is 18.7 Å². The SMILES string of the molecule is C=CCOC(=O)c1cccc(OCc2ccc(F)cc2)c1. The first kappa shape index (κ1) is 14.8. The maximum absolute atomic E-state index is 12.8. The van der Waals surface area contributed by atoms with E-state index in [1.54, 1.807) is 36.4 Å². The summed E-state index contributed by atoms with van der Waals surface area (Å²) in [4.78, 5) is 11.7. The van der Waals surface area contributed by atoms with Gasteiger partial charge in [0.25, 0.3) is 0 Å². The monoisotopic (exact) mass is 286 g/mol. The van der Waals surface area contributed by atoms with Gasteiger partial charge in [-0.15, -0.1) is 0 Å². The van der Waals surface area contributed by atoms with Gasteiger partial charge in [0.1, 0.15) is 24.8 Å². The van der Waals surface area contributed by atoms with Crippen LogP contribution in [0.25, 0.3) is 0 Å². The maximum Gasteiger partial charge on any atom is 0.338 e. The lowest BCUT2D eigenvalue weighted by atomic mass is 10.2. The molecule has 0 spiro atoms. The Bertz CT molecular complexity index is 620. The zero-order valence-corrected chi connectivity index (χ0v) is 11.4. The third kappa shape index (κ3) is 4.45. The Kier molecular flexibility index (Phi) is 5.10. The molecule has 0 bridgehead atoms. The third-order valence-electron chi connectivity index (χ3n) is 2.72. The molecule has 0 fully saturated rings. The second kappa shape index (κ2) is 7.24. The predicted octanol–water partition coefficient (Wildman–Crippen LogP) is 3.75. The van der Waals surface area contributed by atoms with E-state index in [-0.39, 0.29) is 12.4 Å². The van der Waals surface area contributed by atoms with Gasteiger partial charge in [0, 0.05) is 0 Å². The van der Waals surface area contributed by atoms with E-state index in [9.17, 15) is 9.18 Å². The minimum atomic E-state index is -0.429. The number of hydrogen-bond donors (Lipinski definition) is 0. The summed E-state index contributed by atoms with van der Waals surface area (Å²) < 4.78 is 23.3. The van der Waals surface area contributed by atoms with Crippen molar-refractivity contribution in [2.24, 2.45) is 0 Å². The fraction of sp³-hybridized carbons (Fsp3) is 0.118. The molecule has 0 unspecified atom stereocenters. The number of rotatable bonds is 6. The Labute approximate surface area is 122 Å². The number of ether oxygens (including phenoxy) is 2. The highest BCUT2D eigenvalue weighted by atomic mass is 19.1. The number of halogens is 1. The number of hydrogen-bond acceptors (Lipinski definition) is 3. The van der Waals surface area contributed by atoms with Crippen molar-refractivity contribution in [3.05, 3.63) is 78.1 Å². The van der Waals surface area contributed by atoms with Gasteiger partial charge in [-0.2, -0.15) is 0 Å². The van der Waals surface area contributed by atoms with Crippen LogP contribution in [0, 0.1) is 5.82 Å². The minimum Gasteiger partial charge on any atom is -0.489 e. The number of benzene rings is 2. The van der Waals surface area contributed by atoms with E-state index in [0.29, 0.717) is 17.9 Å². The first-order chi connectivity index (χ1) is 10.2. The van der Waals surface area contributed by atoms with Crippen LogP contribution in [-0.2, 0) is 11.3 Å². The summed E-state index contributed by atoms with van der Waals surface area (Å²) in [5.41, 5.74) is 1.25. The van der Waals surface area contributed by atoms with E-state index in [1.807, 2.05) is 0 Å². The van der Waals surface area contributed by atoms with Gasteiger partial charge in [0.2, 0.25) is 0 Å². The van der Waals surface area contributed by atoms with Crippen LogP contribution in [0.3, 0.4) is 0 Å². The number of carbonyl (C=O) groups is 1. The van der Waals surface area contributed by atoms with Crippen molar-refractivity contribution >= 4 is 5.97 Å². The second-order valence-corrected chi connectivity index (χ2v) is 4.33. The Morgan fingerprint density at radius 1 is 1.19 bits per heavy atom. The van der Waals surface area contributed by atoms with Crippen molar-refractivity contribution in [1.29, 1.82) is 0 Å². The predicted molar refractivity (Wildman–Crippen MR) is 77.7 cm³/mol. The van der Waals surface area contributed by atoms with Crippen molar-refractivity contribution in [3.63, 3.8) is 0 Å². The quantitative estimate of drug-likeness (QED) is 0.599. The molecule has 0 radical (unpaired) electrons. The second-order valence-electron chi connectivity index (χ2n) is 4.33. The molecule has 0 heterocycles. The molecule has 0 aliphatic rings. The van der Waals surface area contributed by atoms with E-state index in [1.165, 1.54) is 18.2 Å². The number of esters is 1. The van der Waals surface area contributed by atoms with Crippen molar-refractivity contribution in [3.8, 4) is 5.75 Å². The van der Waals surface area contributed by atoms with Gasteiger partial charge in [-0.1, -0.05) is 30.9 Å². The van der Waals surface area contributed by atoms with Gasteiger partial charge in [-0.3, -0.25) is 0 Å². The van der Waals surface area contributed by atoms with Crippen LogP contribution in [0.5, 0.6) is 5.75 Å². The molecule has 0 amide bonds. The van der Waals surface area contributed by atoms with E-state index in [2.05, 4.69) is 6.58 Å². The lowest BCUT2D eigenvalue weighted by Gasteiger charge is -2.08. The van der Waals surface area contributed by atoms with Gasteiger partial charge in [-0.05, 0) is 35.9 Å². The lowest BCUT2D eigenvalue weighted by molar-refractivity contribution is 0.0549. The molecule has 2 aromatic carbocycles. The minimum absolute atomic E-state index is 0.166. The molecule has 21 heavy (non-hydrogen) atoms. The standard InChI is InChI=1S/C17H15FO3/c1-2-10-20-17(19)14-4-3-5-16(11-14)21-12-13-6-8-15(18)9-7-13/h2-9,11H,1,10,12H2. The summed E-state index contributed by atoms with van der Waals surface area (Å²) in [5, 5.41) is 0. The summed E-state index contributed by atoms with van der Waals surface area (Å²) in [6.45, 7) is 3.95. The molecule has 0 saturated heterocycles. The normalized spacial score (nSPS) is 9.95. The van der Waals surface area contributed by atoms with Crippen molar-refractivity contribution in [1.82, 2.24) is 0 Å². The first-order valence-corrected chi connectivity index (χ1v) is 6.44. The third-order valence-corrected chi connectivity index (χ3v) is 2.72. The highest BCUT2D eigenvalue weighted by Crippen LogP contribution is 2.16. The van der Waals surface area contributed by atoms with Crippen LogP contribution in [0.15, 0.2) is 61.2 Å². The summed E-state index contributed by atoms with van der Waals surface area (Å²) in [5.74, 6) is -0.166. The zero-order chi connectivity index (χ0) is 15.1. The molecular formula is C17H15FO3. The largest absolute Gasteiger partial charge is 0.489 e. The van der Waals surface area contributed by atoms with Gasteiger partial charge in [-0.25, -0.2) is 9.18 Å². The molecule has 108 valence electrons. The summed E-state index contributed by atoms with van der Waals surface area (Å²) in [6, 6.07) is 12.8. The van der Waals surface area contributed by atoms with Gasteiger partial charge < -0.3 is 9.47 Å². The Morgan fingerprint density at radius 2 is 1.95 bits per heavy atom. The van der Waals surface area contributed by atoms with E-state index in [0.717, 1.165) is 5.56 Å². The van der Waals surface area contributed by atoms with Gasteiger partial charge >= 0.3 is 5.97 Å². The molecular weight excluding hydrogens is 271 g/mol. The van der Waals surface area contributed by atoms with Crippen LogP contribution < -0.4 is 4.74 Å². The fourth-order valence-electron chi connectivity index (χ4n) is 1.68. The molecule has 4 heteroatoms. The number of carbonyl (C=O) groups excluding carboxylic acids is 1. The molecule has 0 atom stereocenters. The maximum atomic E-state index is 12.8. The van der Waals surface area contributed by atoms with E-state index in [4.69, 9.17) is 9.47 Å². The van der Waals surface area contributed by atoms with Crippen LogP contribution in [-0.4, -0.2) is 12.6 Å². The summed E-state index contributed by atoms with van der Waals surface area (Å²) >= 11 is 0. The lowest BCUT2D eigenvalue weighted by Crippen LogP contribution is -2.05. The molecule has 0 aliphatic carbocycles. The summed E-state index contributed by atoms with van der Waals surface area (Å²) in [7, 11) is 0. The topological polar surface area (TPSA) is 35.5 Å². The molecule has 0 saturated carbocycles. The zero-order valence-electron chi connectivity index (χ0n) is 11.4. The van der Waals surface area contributed by atoms with Crippen LogP contribution in [0.4, 0.5) is 4.39 Å². The average molecular weight is 286 g/mol. The van der Waals surface area contributed by atoms with E-state index >= 15 is 0 Å². The van der Waals surface area contributed by atoms with Gasteiger partial charge in [0.15, 0.2) is 0 Å². The first-order valence-electron chi connectivity index (χ1n) is 6.44. The van der Waals surface area contributed by atoms with E-state index < -0.39 is 5.97 Å². The highest BCUT2D eigenvalue weighted by molar-refractivity contribution is 5.89. The molecule has 2 aromatic rings. The van der Waals surface area contributed by atoms with Crippen LogP contribution in [0.2, 0.25) is 0 Å². The Morgan fingerprint density at radius 3 is 2.67 bits per heavy atom. The molecule has 0 aromatic heterocycles. The molecule has 0 aliphatic heterocycles. The summed E-state index contributed by atoms with van der Waals surface area (Å²) in [6.07, 6.45) is 1.51. The Hall–Kier alpha value is -2.62. The van der Waals surface area contributed by atoms with Crippen molar-refractivity contribution in [2.45, 2.75) is 6.61 Å². The highest BCUT2D eigenvalue weighted by Gasteiger charge is 2.07. The smallest absolute Gasteiger partial charge is 0.338 e. The Balaban J connectivity index is 1.99. The fourth-order valence-corrected chi connectivity index (χ4v) is 1.68. The molecule has 3 nitrogen and oxygen atoms in total. The average Bonchev–Trinajstić information content (AvgIpc) is 2.52.